The molecule has 51 heavy (non-hydrogen) atoms. The van der Waals surface area contributed by atoms with Crippen LogP contribution < -0.4 is 26.6 Å². The van der Waals surface area contributed by atoms with Gasteiger partial charge in [0, 0.05) is 18.8 Å². The number of carbonyl (C=O) groups is 7. The molecule has 0 aliphatic heterocycles. The van der Waals surface area contributed by atoms with E-state index in [1.165, 1.54) is 18.6 Å². The van der Waals surface area contributed by atoms with Crippen LogP contribution in [0.25, 0.3) is 0 Å². The molecule has 1 saturated carbocycles. The molecule has 1 aromatic heterocycles. The highest BCUT2D eigenvalue weighted by Gasteiger charge is 2.36. The van der Waals surface area contributed by atoms with Gasteiger partial charge in [-0.2, -0.15) is 0 Å². The molecule has 284 valence electrons. The van der Waals surface area contributed by atoms with Gasteiger partial charge in [-0.25, -0.2) is 13.8 Å². The molecule has 2 rings (SSSR count). The summed E-state index contributed by atoms with van der Waals surface area (Å²) in [6.45, 7) is 6.55. The third kappa shape index (κ3) is 14.7. The van der Waals surface area contributed by atoms with Gasteiger partial charge >= 0.3 is 5.97 Å². The molecule has 1 aliphatic carbocycles. The quantitative estimate of drug-likeness (QED) is 0.0968. The van der Waals surface area contributed by atoms with Crippen LogP contribution in [0.2, 0.25) is 0 Å². The van der Waals surface area contributed by atoms with Crippen LogP contribution >= 0.6 is 0 Å². The third-order valence-corrected chi connectivity index (χ3v) is 8.74. The SMILES string of the molecule is CC[C@@H](C)[C@H](NC(=O)[C@H](CC(C)C)NC(=O)c1cnccn1)C(=O)N[C@@H](CC1CCCCC1)C(=O)N[C@@H](CC(F)F)C(=O)C(=O)NCC(=O)OC. The second-order valence-corrected chi connectivity index (χ2v) is 13.2. The van der Waals surface area contributed by atoms with Crippen LogP contribution in [0.5, 0.6) is 0 Å². The van der Waals surface area contributed by atoms with Crippen LogP contribution in [-0.2, 0) is 33.5 Å². The topological polar surface area (TPSA) is 215 Å². The lowest BCUT2D eigenvalue weighted by atomic mass is 9.84. The maximum absolute atomic E-state index is 13.9. The zero-order valence-corrected chi connectivity index (χ0v) is 29.8. The first kappa shape index (κ1) is 42.6. The minimum absolute atomic E-state index is 0.00332. The van der Waals surface area contributed by atoms with Gasteiger partial charge in [0.15, 0.2) is 0 Å². The molecule has 0 bridgehead atoms. The van der Waals surface area contributed by atoms with E-state index < -0.39 is 90.8 Å². The molecule has 1 fully saturated rings. The maximum atomic E-state index is 13.9. The average molecular weight is 724 g/mol. The van der Waals surface area contributed by atoms with E-state index in [-0.39, 0.29) is 30.4 Å². The van der Waals surface area contributed by atoms with E-state index in [4.69, 9.17) is 0 Å². The number of alkyl halides is 2. The summed E-state index contributed by atoms with van der Waals surface area (Å²) in [5, 5.41) is 12.3. The van der Waals surface area contributed by atoms with Gasteiger partial charge in [0.25, 0.3) is 11.8 Å². The number of amides is 5. The Hall–Kier alpha value is -4.57. The van der Waals surface area contributed by atoms with E-state index in [9.17, 15) is 42.3 Å². The Balaban J connectivity index is 2.32. The lowest BCUT2D eigenvalue weighted by Gasteiger charge is -2.31. The number of esters is 1. The Bertz CT molecular complexity index is 1340. The van der Waals surface area contributed by atoms with E-state index in [0.29, 0.717) is 6.42 Å². The third-order valence-electron chi connectivity index (χ3n) is 8.74. The van der Waals surface area contributed by atoms with Gasteiger partial charge in [0.1, 0.15) is 36.4 Å². The summed E-state index contributed by atoms with van der Waals surface area (Å²) in [6, 6.07) is -5.49. The lowest BCUT2D eigenvalue weighted by molar-refractivity contribution is -0.144. The van der Waals surface area contributed by atoms with Crippen molar-refractivity contribution in [2.45, 2.75) is 116 Å². The number of aromatic nitrogens is 2. The highest BCUT2D eigenvalue weighted by atomic mass is 19.3. The van der Waals surface area contributed by atoms with Crippen molar-refractivity contribution in [1.82, 2.24) is 36.6 Å². The fourth-order valence-corrected chi connectivity index (χ4v) is 5.71. The molecule has 0 radical (unpaired) electrons. The zero-order valence-electron chi connectivity index (χ0n) is 29.8. The summed E-state index contributed by atoms with van der Waals surface area (Å²) >= 11 is 0. The molecule has 1 aliphatic rings. The number of hydrogen-bond donors (Lipinski definition) is 5. The molecule has 5 atom stereocenters. The maximum Gasteiger partial charge on any atom is 0.325 e. The van der Waals surface area contributed by atoms with Crippen molar-refractivity contribution >= 4 is 41.3 Å². The smallest absolute Gasteiger partial charge is 0.325 e. The molecule has 0 saturated heterocycles. The first-order valence-corrected chi connectivity index (χ1v) is 17.3. The van der Waals surface area contributed by atoms with Gasteiger partial charge in [-0.3, -0.25) is 38.5 Å². The summed E-state index contributed by atoms with van der Waals surface area (Å²) in [5.74, 6) is -7.12. The van der Waals surface area contributed by atoms with Crippen molar-refractivity contribution in [1.29, 1.82) is 0 Å². The van der Waals surface area contributed by atoms with Crippen LogP contribution in [0.1, 0.15) is 96.0 Å². The number of Topliss-reactive ketones (excluding diaryl/α,β-unsaturated/α-hetero) is 1. The number of ketones is 1. The molecular formula is C34H51F2N7O8. The van der Waals surface area contributed by atoms with Crippen LogP contribution in [0.15, 0.2) is 18.6 Å². The zero-order chi connectivity index (χ0) is 38.1. The van der Waals surface area contributed by atoms with Crippen molar-refractivity contribution < 1.29 is 47.1 Å². The normalized spacial score (nSPS) is 16.2. The van der Waals surface area contributed by atoms with Crippen LogP contribution in [-0.4, -0.2) is 95.5 Å². The number of hydrogen-bond acceptors (Lipinski definition) is 10. The van der Waals surface area contributed by atoms with Crippen LogP contribution in [0, 0.1) is 17.8 Å². The molecule has 0 spiro atoms. The number of methoxy groups -OCH3 is 1. The molecule has 1 heterocycles. The average Bonchev–Trinajstić information content (AvgIpc) is 3.11. The fourth-order valence-electron chi connectivity index (χ4n) is 5.71. The largest absolute Gasteiger partial charge is 0.468 e. The molecule has 5 N–H and O–H groups in total. The van der Waals surface area contributed by atoms with E-state index in [1.807, 2.05) is 19.2 Å². The highest BCUT2D eigenvalue weighted by Crippen LogP contribution is 2.27. The highest BCUT2D eigenvalue weighted by molar-refractivity contribution is 6.38. The van der Waals surface area contributed by atoms with Gasteiger partial charge in [-0.15, -0.1) is 0 Å². The predicted octanol–water partition coefficient (Wildman–Crippen LogP) is 1.61. The first-order valence-electron chi connectivity index (χ1n) is 17.3. The van der Waals surface area contributed by atoms with E-state index in [1.54, 1.807) is 13.8 Å². The number of ether oxygens (including phenoxy) is 1. The Kier molecular flexibility index (Phi) is 18.0. The van der Waals surface area contributed by atoms with Gasteiger partial charge in [-0.1, -0.05) is 66.2 Å². The predicted molar refractivity (Wildman–Crippen MR) is 180 cm³/mol. The molecule has 0 aromatic carbocycles. The van der Waals surface area contributed by atoms with Crippen molar-refractivity contribution in [3.63, 3.8) is 0 Å². The second kappa shape index (κ2) is 21.6. The van der Waals surface area contributed by atoms with Crippen molar-refractivity contribution in [3.05, 3.63) is 24.3 Å². The second-order valence-electron chi connectivity index (χ2n) is 13.2. The van der Waals surface area contributed by atoms with E-state index in [0.717, 1.165) is 39.2 Å². The summed E-state index contributed by atoms with van der Waals surface area (Å²) < 4.78 is 31.5. The number of nitrogens with zero attached hydrogens (tertiary/aromatic N) is 2. The fraction of sp³-hybridized carbons (Fsp3) is 0.676. The Labute approximate surface area is 296 Å². The first-order chi connectivity index (χ1) is 24.2. The Morgan fingerprint density at radius 3 is 2.06 bits per heavy atom. The Morgan fingerprint density at radius 2 is 1.49 bits per heavy atom. The van der Waals surface area contributed by atoms with Gasteiger partial charge in [-0.05, 0) is 30.6 Å². The summed E-state index contributed by atoms with van der Waals surface area (Å²) in [6.07, 6.45) is 4.77. The number of rotatable bonds is 20. The summed E-state index contributed by atoms with van der Waals surface area (Å²) in [7, 11) is 1.05. The van der Waals surface area contributed by atoms with Crippen LogP contribution in [0.3, 0.4) is 0 Å². The lowest BCUT2D eigenvalue weighted by Crippen LogP contribution is -2.60. The summed E-state index contributed by atoms with van der Waals surface area (Å²) in [4.78, 5) is 98.5. The van der Waals surface area contributed by atoms with Gasteiger partial charge in [0.05, 0.1) is 13.3 Å². The molecule has 5 amide bonds. The minimum atomic E-state index is -3.09. The standard InChI is InChI=1S/C34H51F2N7O8/c1-6-20(4)28(43-31(47)23(14-19(2)3)41-32(48)25-17-37-12-13-38-25)33(49)42-24(15-21-10-8-7-9-11-21)30(46)40-22(16-26(35)36)29(45)34(50)39-18-27(44)51-5/h12-13,17,19-24,26,28H,6-11,14-16,18H2,1-5H3,(H,39,50)(H,40,46)(H,41,48)(H,42,49)(H,43,47)/t20-,22+,23+,24+,28+/m1/s1. The van der Waals surface area contributed by atoms with Crippen molar-refractivity contribution in [3.8, 4) is 0 Å². The molecule has 1 aromatic rings. The van der Waals surface area contributed by atoms with E-state index in [2.05, 4.69) is 36.0 Å². The van der Waals surface area contributed by atoms with E-state index >= 15 is 0 Å². The molecule has 0 unspecified atom stereocenters. The monoisotopic (exact) mass is 723 g/mol. The van der Waals surface area contributed by atoms with Gasteiger partial charge < -0.3 is 31.3 Å². The number of carbonyl (C=O) groups excluding carboxylic acids is 7. The Morgan fingerprint density at radius 1 is 0.843 bits per heavy atom. The van der Waals surface area contributed by atoms with Crippen molar-refractivity contribution in [2.75, 3.05) is 13.7 Å². The molecule has 17 heteroatoms. The molecular weight excluding hydrogens is 672 g/mol. The van der Waals surface area contributed by atoms with Gasteiger partial charge in [0.2, 0.25) is 29.9 Å². The molecule has 15 nitrogen and oxygen atoms in total. The summed E-state index contributed by atoms with van der Waals surface area (Å²) in [5.41, 5.74) is -0.00332. The number of halogens is 2. The van der Waals surface area contributed by atoms with Crippen molar-refractivity contribution in [2.24, 2.45) is 17.8 Å². The number of nitrogens with one attached hydrogen (secondary N) is 5. The minimum Gasteiger partial charge on any atom is -0.468 e. The van der Waals surface area contributed by atoms with Crippen LogP contribution in [0.4, 0.5) is 8.78 Å².